The number of alkyl carbamates (subject to hydrolysis) is 1. The highest BCUT2D eigenvalue weighted by Gasteiger charge is 2.42. The molecule has 0 fully saturated rings. The Morgan fingerprint density at radius 3 is 2.23 bits per heavy atom. The summed E-state index contributed by atoms with van der Waals surface area (Å²) < 4.78 is 5.51. The van der Waals surface area contributed by atoms with E-state index < -0.39 is 29.3 Å². The predicted molar refractivity (Wildman–Crippen MR) is 162 cm³/mol. The molecule has 0 aromatic heterocycles. The van der Waals surface area contributed by atoms with Crippen LogP contribution >= 0.6 is 0 Å². The van der Waals surface area contributed by atoms with Crippen LogP contribution in [0.25, 0.3) is 6.08 Å². The second-order valence-corrected chi connectivity index (χ2v) is 12.0. The molecule has 0 spiro atoms. The highest BCUT2D eigenvalue weighted by Crippen LogP contribution is 2.31. The molecule has 0 aliphatic carbocycles. The zero-order valence-corrected chi connectivity index (χ0v) is 25.3. The summed E-state index contributed by atoms with van der Waals surface area (Å²) in [6.07, 6.45) is 4.14. The molecule has 2 N–H and O–H groups in total. The molecular weight excluding hydrogens is 502 g/mol. The molecular formula is C33H47N3O4. The van der Waals surface area contributed by atoms with Crippen molar-refractivity contribution in [3.63, 3.8) is 0 Å². The van der Waals surface area contributed by atoms with E-state index in [4.69, 9.17) is 4.74 Å². The lowest BCUT2D eigenvalue weighted by molar-refractivity contribution is -0.148. The Labute approximate surface area is 240 Å². The number of nitrogens with one attached hydrogen (secondary N) is 2. The van der Waals surface area contributed by atoms with Crippen molar-refractivity contribution in [2.45, 2.75) is 97.4 Å². The Morgan fingerprint density at radius 1 is 0.975 bits per heavy atom. The molecule has 2 aromatic rings. The smallest absolute Gasteiger partial charge is 0.408 e. The van der Waals surface area contributed by atoms with Crippen LogP contribution in [0.2, 0.25) is 0 Å². The average molecular weight is 550 g/mol. The maximum Gasteiger partial charge on any atom is 0.408 e. The zero-order valence-electron chi connectivity index (χ0n) is 25.3. The summed E-state index contributed by atoms with van der Waals surface area (Å²) in [6.45, 7) is 17.5. The van der Waals surface area contributed by atoms with Crippen LogP contribution in [0.1, 0.15) is 90.5 Å². The molecule has 2 atom stereocenters. The first-order chi connectivity index (χ1) is 18.8. The van der Waals surface area contributed by atoms with Gasteiger partial charge >= 0.3 is 6.09 Å². The normalized spacial score (nSPS) is 13.1. The topological polar surface area (TPSA) is 87.7 Å². The first kappa shape index (κ1) is 32.6. The minimum Gasteiger partial charge on any atom is -0.444 e. The Kier molecular flexibility index (Phi) is 12.0. The van der Waals surface area contributed by atoms with Crippen molar-refractivity contribution < 1.29 is 19.1 Å². The molecule has 0 aliphatic rings. The van der Waals surface area contributed by atoms with E-state index in [0.29, 0.717) is 12.1 Å². The maximum absolute atomic E-state index is 14.5. The quantitative estimate of drug-likeness (QED) is 0.298. The minimum atomic E-state index is -0.963. The van der Waals surface area contributed by atoms with E-state index in [0.717, 1.165) is 30.4 Å². The number of carbonyl (C=O) groups is 3. The Bertz CT molecular complexity index is 1130. The molecule has 2 unspecified atom stereocenters. The number of rotatable bonds is 12. The average Bonchev–Trinajstić information content (AvgIpc) is 2.87. The second-order valence-electron chi connectivity index (χ2n) is 12.0. The summed E-state index contributed by atoms with van der Waals surface area (Å²) in [6, 6.07) is 15.1. The van der Waals surface area contributed by atoms with Gasteiger partial charge in [-0.3, -0.25) is 9.59 Å². The van der Waals surface area contributed by atoms with Crippen LogP contribution in [-0.2, 0) is 20.7 Å². The lowest BCUT2D eigenvalue weighted by Crippen LogP contribution is -2.59. The third-order valence-electron chi connectivity index (χ3n) is 6.28. The fourth-order valence-electron chi connectivity index (χ4n) is 4.47. The lowest BCUT2D eigenvalue weighted by Gasteiger charge is -2.43. The summed E-state index contributed by atoms with van der Waals surface area (Å²) in [7, 11) is 0. The number of benzene rings is 2. The fraction of sp³-hybridized carbons (Fsp3) is 0.485. The zero-order chi connectivity index (χ0) is 29.9. The molecule has 40 heavy (non-hydrogen) atoms. The summed E-state index contributed by atoms with van der Waals surface area (Å²) in [5.41, 5.74) is 0.886. The molecule has 0 aliphatic heterocycles. The summed E-state index contributed by atoms with van der Waals surface area (Å²) >= 11 is 0. The van der Waals surface area contributed by atoms with E-state index in [1.54, 1.807) is 31.7 Å². The van der Waals surface area contributed by atoms with E-state index in [-0.39, 0.29) is 18.2 Å². The summed E-state index contributed by atoms with van der Waals surface area (Å²) in [5, 5.41) is 5.85. The first-order valence-corrected chi connectivity index (χ1v) is 14.1. The van der Waals surface area contributed by atoms with Gasteiger partial charge in [0, 0.05) is 18.5 Å². The third-order valence-corrected chi connectivity index (χ3v) is 6.28. The second kappa shape index (κ2) is 14.7. The van der Waals surface area contributed by atoms with Crippen LogP contribution < -0.4 is 10.6 Å². The van der Waals surface area contributed by atoms with Crippen molar-refractivity contribution in [2.24, 2.45) is 0 Å². The predicted octanol–water partition coefficient (Wildman–Crippen LogP) is 6.44. The van der Waals surface area contributed by atoms with Crippen LogP contribution in [0.15, 0.2) is 61.2 Å². The number of amides is 3. The Morgan fingerprint density at radius 2 is 1.65 bits per heavy atom. The number of ether oxygens (including phenoxy) is 1. The van der Waals surface area contributed by atoms with Crippen LogP contribution in [0.5, 0.6) is 0 Å². The molecule has 0 heterocycles. The van der Waals surface area contributed by atoms with Gasteiger partial charge in [-0.05, 0) is 70.7 Å². The number of hydrogen-bond acceptors (Lipinski definition) is 4. The van der Waals surface area contributed by atoms with Gasteiger partial charge in [-0.15, -0.1) is 0 Å². The molecule has 7 nitrogen and oxygen atoms in total. The third kappa shape index (κ3) is 10.2. The van der Waals surface area contributed by atoms with E-state index in [2.05, 4.69) is 24.1 Å². The number of unbranched alkanes of at least 4 members (excludes halogenated alkanes) is 2. The SMILES string of the molecule is C=Cc1cccc(C(C(=O)NCCCCC)N(C(=O)C(Cc2ccccc2)NC(=O)OC(C)(C)C)C(C)(C)C)c1. The van der Waals surface area contributed by atoms with Crippen molar-refractivity contribution in [1.29, 1.82) is 0 Å². The lowest BCUT2D eigenvalue weighted by atomic mass is 9.93. The van der Waals surface area contributed by atoms with Gasteiger partial charge in [-0.25, -0.2) is 4.79 Å². The van der Waals surface area contributed by atoms with Gasteiger partial charge in [-0.1, -0.05) is 81.0 Å². The molecule has 0 radical (unpaired) electrons. The number of carbonyl (C=O) groups excluding carboxylic acids is 3. The number of nitrogens with zero attached hydrogens (tertiary/aromatic N) is 1. The van der Waals surface area contributed by atoms with E-state index in [1.165, 1.54) is 0 Å². The molecule has 0 saturated heterocycles. The van der Waals surface area contributed by atoms with E-state index >= 15 is 0 Å². The minimum absolute atomic E-state index is 0.239. The molecule has 2 rings (SSSR count). The highest BCUT2D eigenvalue weighted by atomic mass is 16.6. The number of hydrogen-bond donors (Lipinski definition) is 2. The monoisotopic (exact) mass is 549 g/mol. The Balaban J connectivity index is 2.58. The van der Waals surface area contributed by atoms with Crippen molar-refractivity contribution in [3.8, 4) is 0 Å². The standard InChI is InChI=1S/C33H47N3O4/c1-9-11-15-21-34-29(37)28(26-20-16-19-24(10-2)22-26)36(32(3,4)5)30(38)27(23-25-17-13-12-14-18-25)35-31(39)40-33(6,7)8/h10,12-14,16-20,22,27-28H,2,9,11,15,21,23H2,1,3-8H3,(H,34,37)(H,35,39). The van der Waals surface area contributed by atoms with Crippen LogP contribution in [-0.4, -0.2) is 46.5 Å². The van der Waals surface area contributed by atoms with E-state index in [9.17, 15) is 14.4 Å². The van der Waals surface area contributed by atoms with Gasteiger partial charge in [0.05, 0.1) is 0 Å². The van der Waals surface area contributed by atoms with Crippen molar-refractivity contribution in [3.05, 3.63) is 77.9 Å². The van der Waals surface area contributed by atoms with Crippen LogP contribution in [0.3, 0.4) is 0 Å². The van der Waals surface area contributed by atoms with Gasteiger partial charge in [0.15, 0.2) is 0 Å². The summed E-state index contributed by atoms with van der Waals surface area (Å²) in [4.78, 5) is 42.8. The Hall–Kier alpha value is -3.61. The van der Waals surface area contributed by atoms with Gasteiger partial charge in [-0.2, -0.15) is 0 Å². The molecule has 0 saturated carbocycles. The van der Waals surface area contributed by atoms with Crippen LogP contribution in [0.4, 0.5) is 4.79 Å². The highest BCUT2D eigenvalue weighted by molar-refractivity contribution is 5.93. The van der Waals surface area contributed by atoms with Crippen molar-refractivity contribution in [2.75, 3.05) is 6.54 Å². The van der Waals surface area contributed by atoms with Gasteiger partial charge < -0.3 is 20.3 Å². The van der Waals surface area contributed by atoms with Crippen molar-refractivity contribution in [1.82, 2.24) is 15.5 Å². The molecule has 0 bridgehead atoms. The summed E-state index contributed by atoms with van der Waals surface area (Å²) in [5.74, 6) is -0.642. The molecule has 218 valence electrons. The van der Waals surface area contributed by atoms with E-state index in [1.807, 2.05) is 75.4 Å². The first-order valence-electron chi connectivity index (χ1n) is 14.1. The molecule has 3 amide bonds. The van der Waals surface area contributed by atoms with Gasteiger partial charge in [0.2, 0.25) is 11.8 Å². The largest absolute Gasteiger partial charge is 0.444 e. The maximum atomic E-state index is 14.5. The van der Waals surface area contributed by atoms with Crippen molar-refractivity contribution >= 4 is 24.0 Å². The van der Waals surface area contributed by atoms with Gasteiger partial charge in [0.1, 0.15) is 17.7 Å². The molecule has 7 heteroatoms. The molecule has 2 aromatic carbocycles. The van der Waals surface area contributed by atoms with Gasteiger partial charge in [0.25, 0.3) is 0 Å². The fourth-order valence-corrected chi connectivity index (χ4v) is 4.47. The van der Waals surface area contributed by atoms with Crippen LogP contribution in [0, 0.1) is 0 Å².